The van der Waals surface area contributed by atoms with E-state index in [0.717, 1.165) is 42.6 Å². The van der Waals surface area contributed by atoms with Crippen LogP contribution in [0, 0.1) is 11.3 Å². The van der Waals surface area contributed by atoms with Crippen LogP contribution in [-0.4, -0.2) is 32.1 Å². The number of rotatable bonds is 5. The summed E-state index contributed by atoms with van der Waals surface area (Å²) in [5.74, 6) is -0.150. The van der Waals surface area contributed by atoms with Crippen LogP contribution in [0.3, 0.4) is 0 Å². The number of carbonyl (C=O) groups is 2. The maximum Gasteiger partial charge on any atom is 0.336 e. The molecule has 4 rings (SSSR count). The number of nitrogens with one attached hydrogen (secondary N) is 1. The Kier molecular flexibility index (Phi) is 6.06. The molecular formula is C26H33NO5. The lowest BCUT2D eigenvalue weighted by molar-refractivity contribution is -0.144. The molecule has 0 bridgehead atoms. The van der Waals surface area contributed by atoms with Crippen molar-refractivity contribution in [2.75, 3.05) is 14.2 Å². The molecule has 0 spiro atoms. The van der Waals surface area contributed by atoms with E-state index in [-0.39, 0.29) is 23.3 Å². The number of methoxy groups -OCH3 is 2. The largest absolute Gasteiger partial charge is 0.493 e. The number of hydrogen-bond acceptors (Lipinski definition) is 6. The van der Waals surface area contributed by atoms with Gasteiger partial charge in [0, 0.05) is 29.3 Å². The van der Waals surface area contributed by atoms with Gasteiger partial charge in [0.15, 0.2) is 11.5 Å². The number of allylic oxidation sites excluding steroid dienone is 3. The van der Waals surface area contributed by atoms with Crippen LogP contribution in [0.25, 0.3) is 0 Å². The third-order valence-corrected chi connectivity index (χ3v) is 6.80. The van der Waals surface area contributed by atoms with Gasteiger partial charge >= 0.3 is 5.97 Å². The maximum absolute atomic E-state index is 13.5. The number of esters is 1. The van der Waals surface area contributed by atoms with Gasteiger partial charge in [0.05, 0.1) is 25.7 Å². The predicted molar refractivity (Wildman–Crippen MR) is 121 cm³/mol. The lowest BCUT2D eigenvalue weighted by Gasteiger charge is -2.41. The van der Waals surface area contributed by atoms with Gasteiger partial charge in [-0.3, -0.25) is 4.79 Å². The molecule has 2 aliphatic carbocycles. The summed E-state index contributed by atoms with van der Waals surface area (Å²) in [5, 5.41) is 3.37. The highest BCUT2D eigenvalue weighted by atomic mass is 16.5. The van der Waals surface area contributed by atoms with Crippen LogP contribution >= 0.6 is 0 Å². The first-order valence-corrected chi connectivity index (χ1v) is 11.4. The Balaban J connectivity index is 1.87. The first-order valence-electron chi connectivity index (χ1n) is 11.4. The molecule has 0 amide bonds. The van der Waals surface area contributed by atoms with E-state index in [1.54, 1.807) is 14.2 Å². The van der Waals surface area contributed by atoms with Gasteiger partial charge in [0.1, 0.15) is 11.9 Å². The first-order chi connectivity index (χ1) is 15.3. The topological polar surface area (TPSA) is 73.9 Å². The van der Waals surface area contributed by atoms with Crippen molar-refractivity contribution in [1.29, 1.82) is 0 Å². The minimum atomic E-state index is -0.509. The molecule has 1 aromatic rings. The Morgan fingerprint density at radius 1 is 1.09 bits per heavy atom. The van der Waals surface area contributed by atoms with Crippen molar-refractivity contribution in [3.05, 3.63) is 46.8 Å². The number of benzene rings is 1. The van der Waals surface area contributed by atoms with E-state index in [1.807, 2.05) is 25.1 Å². The van der Waals surface area contributed by atoms with Crippen LogP contribution in [0.15, 0.2) is 41.2 Å². The van der Waals surface area contributed by atoms with Crippen molar-refractivity contribution in [2.45, 2.75) is 64.9 Å². The van der Waals surface area contributed by atoms with Crippen LogP contribution in [0.4, 0.5) is 0 Å². The fraction of sp³-hybridized carbons (Fsp3) is 0.538. The number of para-hydroxylation sites is 1. The number of Topliss-reactive ketones (excluding diaryl/α,β-unsaturated/α-hetero) is 1. The molecule has 0 aromatic heterocycles. The zero-order chi connectivity index (χ0) is 23.0. The highest BCUT2D eigenvalue weighted by Gasteiger charge is 2.47. The summed E-state index contributed by atoms with van der Waals surface area (Å²) in [7, 11) is 3.16. The second kappa shape index (κ2) is 8.64. The quantitative estimate of drug-likeness (QED) is 0.674. The van der Waals surface area contributed by atoms with Crippen molar-refractivity contribution in [1.82, 2.24) is 5.32 Å². The molecule has 1 heterocycles. The molecule has 1 fully saturated rings. The van der Waals surface area contributed by atoms with Crippen LogP contribution in [0.5, 0.6) is 11.5 Å². The average Bonchev–Trinajstić information content (AvgIpc) is 3.23. The molecule has 3 aliphatic rings. The summed E-state index contributed by atoms with van der Waals surface area (Å²) in [5.41, 5.74) is 2.57. The average molecular weight is 440 g/mol. The van der Waals surface area contributed by atoms with Crippen molar-refractivity contribution < 1.29 is 23.8 Å². The Labute approximate surface area is 190 Å². The number of fused-ring (bicyclic) bond motifs is 1. The van der Waals surface area contributed by atoms with E-state index >= 15 is 0 Å². The molecule has 0 radical (unpaired) electrons. The smallest absolute Gasteiger partial charge is 0.336 e. The first kappa shape index (κ1) is 22.4. The van der Waals surface area contributed by atoms with Crippen molar-refractivity contribution in [3.63, 3.8) is 0 Å². The summed E-state index contributed by atoms with van der Waals surface area (Å²) in [6.07, 6.45) is 6.40. The molecule has 1 saturated carbocycles. The van der Waals surface area contributed by atoms with Gasteiger partial charge in [0.25, 0.3) is 0 Å². The fourth-order valence-corrected chi connectivity index (χ4v) is 5.45. The van der Waals surface area contributed by atoms with E-state index < -0.39 is 11.8 Å². The zero-order valence-electron chi connectivity index (χ0n) is 19.6. The molecule has 2 unspecified atom stereocenters. The van der Waals surface area contributed by atoms with Crippen molar-refractivity contribution >= 4 is 11.8 Å². The van der Waals surface area contributed by atoms with Crippen LogP contribution in [0.2, 0.25) is 0 Å². The second-order valence-corrected chi connectivity index (χ2v) is 9.74. The third-order valence-electron chi connectivity index (χ3n) is 6.80. The van der Waals surface area contributed by atoms with Gasteiger partial charge < -0.3 is 19.5 Å². The monoisotopic (exact) mass is 439 g/mol. The molecule has 6 heteroatoms. The normalized spacial score (nSPS) is 25.0. The summed E-state index contributed by atoms with van der Waals surface area (Å²) in [6.45, 7) is 5.99. The molecule has 0 saturated heterocycles. The molecule has 1 aromatic carbocycles. The minimum Gasteiger partial charge on any atom is -0.493 e. The van der Waals surface area contributed by atoms with E-state index in [4.69, 9.17) is 14.2 Å². The van der Waals surface area contributed by atoms with Gasteiger partial charge in [-0.05, 0) is 44.1 Å². The van der Waals surface area contributed by atoms with E-state index in [2.05, 4.69) is 25.2 Å². The summed E-state index contributed by atoms with van der Waals surface area (Å²) < 4.78 is 17.2. The SMILES string of the molecule is COc1cccc(C2C(C(=O)OC3CCCC3)=C(C)NC3=CC(C)(C)CC(=O)C32)c1OC. The highest BCUT2D eigenvalue weighted by molar-refractivity contribution is 5.96. The van der Waals surface area contributed by atoms with Gasteiger partial charge in [0.2, 0.25) is 0 Å². The predicted octanol–water partition coefficient (Wildman–Crippen LogP) is 4.65. The lowest BCUT2D eigenvalue weighted by Crippen LogP contribution is -2.44. The van der Waals surface area contributed by atoms with Gasteiger partial charge in [-0.1, -0.05) is 32.1 Å². The van der Waals surface area contributed by atoms with Gasteiger partial charge in [-0.2, -0.15) is 0 Å². The minimum absolute atomic E-state index is 0.0615. The number of carbonyl (C=O) groups excluding carboxylic acids is 2. The van der Waals surface area contributed by atoms with E-state index in [1.165, 1.54) is 0 Å². The second-order valence-electron chi connectivity index (χ2n) is 9.74. The zero-order valence-corrected chi connectivity index (χ0v) is 19.6. The number of ether oxygens (including phenoxy) is 3. The molecule has 6 nitrogen and oxygen atoms in total. The van der Waals surface area contributed by atoms with E-state index in [9.17, 15) is 9.59 Å². The van der Waals surface area contributed by atoms with Gasteiger partial charge in [-0.15, -0.1) is 0 Å². The number of ketones is 1. The van der Waals surface area contributed by atoms with Crippen LogP contribution in [-0.2, 0) is 14.3 Å². The molecule has 172 valence electrons. The third kappa shape index (κ3) is 4.03. The summed E-state index contributed by atoms with van der Waals surface area (Å²) >= 11 is 0. The highest BCUT2D eigenvalue weighted by Crippen LogP contribution is 2.50. The lowest BCUT2D eigenvalue weighted by atomic mass is 9.66. The molecule has 1 N–H and O–H groups in total. The summed E-state index contributed by atoms with van der Waals surface area (Å²) in [4.78, 5) is 27.0. The molecule has 1 aliphatic heterocycles. The van der Waals surface area contributed by atoms with Crippen molar-refractivity contribution in [2.24, 2.45) is 11.3 Å². The Bertz CT molecular complexity index is 984. The van der Waals surface area contributed by atoms with Crippen molar-refractivity contribution in [3.8, 4) is 11.5 Å². The standard InChI is InChI=1S/C26H33NO5/c1-15-21(25(29)32-16-9-6-7-10-16)22(17-11-8-12-20(30-4)24(17)31-5)23-18(27-15)13-26(2,3)14-19(23)28/h8,11-13,16,22-23,27H,6-7,9-10,14H2,1-5H3. The summed E-state index contributed by atoms with van der Waals surface area (Å²) in [6, 6.07) is 5.60. The van der Waals surface area contributed by atoms with Crippen LogP contribution < -0.4 is 14.8 Å². The molecule has 2 atom stereocenters. The van der Waals surface area contributed by atoms with E-state index in [0.29, 0.717) is 23.5 Å². The maximum atomic E-state index is 13.5. The molecular weight excluding hydrogens is 406 g/mol. The van der Waals surface area contributed by atoms with Gasteiger partial charge in [-0.25, -0.2) is 4.79 Å². The fourth-order valence-electron chi connectivity index (χ4n) is 5.45. The Hall–Kier alpha value is -2.76. The van der Waals surface area contributed by atoms with Crippen LogP contribution in [0.1, 0.15) is 64.4 Å². The Morgan fingerprint density at radius 3 is 2.47 bits per heavy atom. The Morgan fingerprint density at radius 2 is 1.81 bits per heavy atom. The molecule has 32 heavy (non-hydrogen) atoms. The number of hydrogen-bond donors (Lipinski definition) is 1.